The molecule has 3 rings (SSSR count). The molecule has 2 aromatic carbocycles. The lowest BCUT2D eigenvalue weighted by Crippen LogP contribution is -2.17. The van der Waals surface area contributed by atoms with Crippen molar-refractivity contribution in [2.45, 2.75) is 33.4 Å². The molecule has 5 heteroatoms. The van der Waals surface area contributed by atoms with Crippen LogP contribution in [0.5, 0.6) is 5.75 Å². The largest absolute Gasteiger partial charge is 0.496 e. The number of benzene rings is 2. The van der Waals surface area contributed by atoms with Crippen molar-refractivity contribution in [3.63, 3.8) is 0 Å². The number of carbonyl (C=O) groups excluding carboxylic acids is 1. The normalized spacial score (nSPS) is 11.9. The lowest BCUT2D eigenvalue weighted by Gasteiger charge is -2.14. The second-order valence-corrected chi connectivity index (χ2v) is 7.14. The van der Waals surface area contributed by atoms with Crippen LogP contribution in [0, 0.1) is 13.8 Å². The van der Waals surface area contributed by atoms with Gasteiger partial charge in [-0.15, -0.1) is 0 Å². The molecule has 1 N–H and O–H groups in total. The molecule has 1 heterocycles. The fraction of sp³-hybridized carbons (Fsp3) is 0.292. The highest BCUT2D eigenvalue weighted by Crippen LogP contribution is 2.34. The molecule has 1 aromatic heterocycles. The lowest BCUT2D eigenvalue weighted by molar-refractivity contribution is 0.0600. The number of hydrogen-bond donors (Lipinski definition) is 1. The molecular weight excluding hydrogens is 366 g/mol. The van der Waals surface area contributed by atoms with Crippen molar-refractivity contribution in [1.82, 2.24) is 5.32 Å². The van der Waals surface area contributed by atoms with Gasteiger partial charge in [0.15, 0.2) is 0 Å². The monoisotopic (exact) mass is 393 g/mol. The number of esters is 1. The Hall–Kier alpha value is -3.05. The summed E-state index contributed by atoms with van der Waals surface area (Å²) < 4.78 is 16.4. The van der Waals surface area contributed by atoms with Gasteiger partial charge in [-0.1, -0.05) is 29.8 Å². The first-order valence-electron chi connectivity index (χ1n) is 9.59. The van der Waals surface area contributed by atoms with Gasteiger partial charge in [-0.3, -0.25) is 0 Å². The molecule has 152 valence electrons. The van der Waals surface area contributed by atoms with Crippen LogP contribution in [-0.2, 0) is 11.3 Å². The van der Waals surface area contributed by atoms with Crippen molar-refractivity contribution in [3.05, 3.63) is 76.5 Å². The van der Waals surface area contributed by atoms with Crippen molar-refractivity contribution >= 4 is 5.97 Å². The predicted molar refractivity (Wildman–Crippen MR) is 113 cm³/mol. The van der Waals surface area contributed by atoms with E-state index in [2.05, 4.69) is 43.4 Å². The Balaban J connectivity index is 1.78. The number of methoxy groups -OCH3 is 2. The second kappa shape index (κ2) is 8.97. The average molecular weight is 393 g/mol. The second-order valence-electron chi connectivity index (χ2n) is 7.14. The third-order valence-electron chi connectivity index (χ3n) is 5.04. The summed E-state index contributed by atoms with van der Waals surface area (Å²) in [6, 6.07) is 16.1. The standard InChI is InChI=1S/C24H27NO4/c1-15-6-8-18(9-7-15)17(3)25-14-19-10-11-22(29-19)21-13-20(24(26)28-5)16(2)12-23(21)27-4/h6-13,17,25H,14H2,1-5H3. The molecule has 0 aliphatic rings. The highest BCUT2D eigenvalue weighted by Gasteiger charge is 2.18. The Morgan fingerprint density at radius 2 is 1.79 bits per heavy atom. The number of furan rings is 1. The number of carbonyl (C=O) groups is 1. The molecular formula is C24H27NO4. The summed E-state index contributed by atoms with van der Waals surface area (Å²) in [5.74, 6) is 1.72. The smallest absolute Gasteiger partial charge is 0.338 e. The molecule has 0 spiro atoms. The van der Waals surface area contributed by atoms with Crippen molar-refractivity contribution in [2.24, 2.45) is 0 Å². The van der Waals surface area contributed by atoms with Gasteiger partial charge in [0.2, 0.25) is 0 Å². The molecule has 0 aliphatic heterocycles. The predicted octanol–water partition coefficient (Wildman–Crippen LogP) is 5.21. The minimum atomic E-state index is -0.383. The van der Waals surface area contributed by atoms with Gasteiger partial charge in [0.1, 0.15) is 17.3 Å². The Morgan fingerprint density at radius 3 is 2.45 bits per heavy atom. The zero-order valence-electron chi connectivity index (χ0n) is 17.5. The van der Waals surface area contributed by atoms with E-state index in [4.69, 9.17) is 13.9 Å². The quantitative estimate of drug-likeness (QED) is 0.559. The van der Waals surface area contributed by atoms with E-state index in [-0.39, 0.29) is 12.0 Å². The Morgan fingerprint density at radius 1 is 1.07 bits per heavy atom. The third-order valence-corrected chi connectivity index (χ3v) is 5.04. The maximum atomic E-state index is 12.1. The summed E-state index contributed by atoms with van der Waals surface area (Å²) in [7, 11) is 2.97. The fourth-order valence-corrected chi connectivity index (χ4v) is 3.22. The molecule has 0 fully saturated rings. The van der Waals surface area contributed by atoms with Gasteiger partial charge in [-0.05, 0) is 56.2 Å². The maximum Gasteiger partial charge on any atom is 0.338 e. The average Bonchev–Trinajstić information content (AvgIpc) is 3.20. The number of hydrogen-bond acceptors (Lipinski definition) is 5. The summed E-state index contributed by atoms with van der Waals surface area (Å²) in [5.41, 5.74) is 4.47. The van der Waals surface area contributed by atoms with Crippen LogP contribution in [-0.4, -0.2) is 20.2 Å². The summed E-state index contributed by atoms with van der Waals surface area (Å²) in [5, 5.41) is 3.48. The topological polar surface area (TPSA) is 60.7 Å². The van der Waals surface area contributed by atoms with Gasteiger partial charge in [0, 0.05) is 6.04 Å². The van der Waals surface area contributed by atoms with Crippen molar-refractivity contribution < 1.29 is 18.7 Å². The van der Waals surface area contributed by atoms with E-state index < -0.39 is 0 Å². The van der Waals surface area contributed by atoms with Crippen LogP contribution >= 0.6 is 0 Å². The minimum Gasteiger partial charge on any atom is -0.496 e. The van der Waals surface area contributed by atoms with Crippen LogP contribution in [0.2, 0.25) is 0 Å². The van der Waals surface area contributed by atoms with Crippen molar-refractivity contribution in [2.75, 3.05) is 14.2 Å². The molecule has 0 bridgehead atoms. The molecule has 1 atom stereocenters. The minimum absolute atomic E-state index is 0.198. The van der Waals surface area contributed by atoms with Gasteiger partial charge < -0.3 is 19.2 Å². The van der Waals surface area contributed by atoms with E-state index in [1.54, 1.807) is 13.2 Å². The SMILES string of the molecule is COC(=O)c1cc(-c2ccc(CNC(C)c3ccc(C)cc3)o2)c(OC)cc1C. The van der Waals surface area contributed by atoms with Crippen LogP contribution in [0.3, 0.4) is 0 Å². The number of aryl methyl sites for hydroxylation is 2. The van der Waals surface area contributed by atoms with Gasteiger partial charge in [-0.25, -0.2) is 4.79 Å². The molecule has 0 saturated carbocycles. The molecule has 3 aromatic rings. The maximum absolute atomic E-state index is 12.1. The molecule has 1 unspecified atom stereocenters. The van der Waals surface area contributed by atoms with Crippen LogP contribution in [0.15, 0.2) is 52.9 Å². The molecule has 0 radical (unpaired) electrons. The van der Waals surface area contributed by atoms with Gasteiger partial charge in [-0.2, -0.15) is 0 Å². The Labute approximate surface area is 171 Å². The van der Waals surface area contributed by atoms with Crippen LogP contribution < -0.4 is 10.1 Å². The zero-order chi connectivity index (χ0) is 21.0. The van der Waals surface area contributed by atoms with E-state index >= 15 is 0 Å². The van der Waals surface area contributed by atoms with Crippen LogP contribution in [0.25, 0.3) is 11.3 Å². The first-order chi connectivity index (χ1) is 13.9. The van der Waals surface area contributed by atoms with E-state index in [1.165, 1.54) is 18.2 Å². The Kier molecular flexibility index (Phi) is 6.39. The summed E-state index contributed by atoms with van der Waals surface area (Å²) in [6.45, 7) is 6.65. The molecule has 5 nitrogen and oxygen atoms in total. The lowest BCUT2D eigenvalue weighted by atomic mass is 10.0. The highest BCUT2D eigenvalue weighted by molar-refractivity contribution is 5.93. The van der Waals surface area contributed by atoms with Gasteiger partial charge >= 0.3 is 5.97 Å². The van der Waals surface area contributed by atoms with Crippen LogP contribution in [0.4, 0.5) is 0 Å². The number of ether oxygens (including phenoxy) is 2. The first kappa shape index (κ1) is 20.7. The van der Waals surface area contributed by atoms with Crippen molar-refractivity contribution in [3.8, 4) is 17.1 Å². The van der Waals surface area contributed by atoms with E-state index in [0.717, 1.165) is 16.9 Å². The number of rotatable bonds is 7. The first-order valence-corrected chi connectivity index (χ1v) is 9.59. The molecule has 0 aliphatic carbocycles. The number of nitrogens with one attached hydrogen (secondary N) is 1. The Bertz CT molecular complexity index is 989. The van der Waals surface area contributed by atoms with Gasteiger partial charge in [0.05, 0.1) is 31.9 Å². The third kappa shape index (κ3) is 4.69. The van der Waals surface area contributed by atoms with Crippen molar-refractivity contribution in [1.29, 1.82) is 0 Å². The molecule has 0 amide bonds. The fourth-order valence-electron chi connectivity index (χ4n) is 3.22. The molecule has 29 heavy (non-hydrogen) atoms. The van der Waals surface area contributed by atoms with Crippen LogP contribution in [0.1, 0.15) is 45.8 Å². The summed E-state index contributed by atoms with van der Waals surface area (Å²) in [6.07, 6.45) is 0. The van der Waals surface area contributed by atoms with Gasteiger partial charge in [0.25, 0.3) is 0 Å². The highest BCUT2D eigenvalue weighted by atomic mass is 16.5. The van der Waals surface area contributed by atoms with E-state index in [9.17, 15) is 4.79 Å². The molecule has 0 saturated heterocycles. The summed E-state index contributed by atoms with van der Waals surface area (Å²) >= 11 is 0. The summed E-state index contributed by atoms with van der Waals surface area (Å²) in [4.78, 5) is 12.1. The zero-order valence-corrected chi connectivity index (χ0v) is 17.5. The van der Waals surface area contributed by atoms with E-state index in [0.29, 0.717) is 23.6 Å². The van der Waals surface area contributed by atoms with E-state index in [1.807, 2.05) is 25.1 Å².